The van der Waals surface area contributed by atoms with E-state index in [1.54, 1.807) is 0 Å². The van der Waals surface area contributed by atoms with Gasteiger partial charge in [0.1, 0.15) is 70.7 Å². The molecule has 0 aromatic rings. The molecule has 0 saturated carbocycles. The number of oxime groups is 4. The number of amides is 10. The first-order chi connectivity index (χ1) is 47.9. The van der Waals surface area contributed by atoms with Crippen molar-refractivity contribution in [2.24, 2.45) is 26.0 Å². The van der Waals surface area contributed by atoms with E-state index >= 15 is 0 Å². The first kappa shape index (κ1) is 84.0. The number of ketones is 2. The van der Waals surface area contributed by atoms with Crippen LogP contribution in [0.4, 0.5) is 19.2 Å². The maximum Gasteiger partial charge on any atom is 0.407 e. The van der Waals surface area contributed by atoms with Crippen molar-refractivity contribution in [3.05, 3.63) is 11.5 Å². The Morgan fingerprint density at radius 2 is 0.546 bits per heavy atom. The molecule has 0 spiro atoms. The second-order valence-electron chi connectivity index (χ2n) is 20.8. The van der Waals surface area contributed by atoms with Gasteiger partial charge in [-0.2, -0.15) is 0 Å². The molecule has 0 aromatic heterocycles. The summed E-state index contributed by atoms with van der Waals surface area (Å²) in [5.41, 5.74) is 3.52. The number of alkyl carbamates (subject to hydrolysis) is 4. The predicted molar refractivity (Wildman–Crippen MR) is 347 cm³/mol. The van der Waals surface area contributed by atoms with Crippen molar-refractivity contribution in [2.75, 3.05) is 158 Å². The molecule has 10 N–H and O–H groups in total. The van der Waals surface area contributed by atoms with Crippen LogP contribution < -0.4 is 42.5 Å². The normalized spacial score (nSPS) is 11.4. The number of Topliss-reactive ketones (excluding diaryl/α,β-unsaturated/α-hetero) is 2. The lowest BCUT2D eigenvalue weighted by molar-refractivity contribution is -0.122. The second kappa shape index (κ2) is 63.0. The van der Waals surface area contributed by atoms with E-state index in [0.29, 0.717) is 90.3 Å². The molecule has 0 radical (unpaired) electrons. The lowest BCUT2D eigenvalue weighted by Crippen LogP contribution is -2.47. The standard InChI is InChI=1S/C59H102N14O24/c1-47(74)39-70-94-27-11-3-7-15-51(78)62-19-31-86-35-23-66-55(82)90-43-59(44-91-56(83)67-24-36-87-32-20-63-52(79)16-8-4-12-28-95-71-40-48(2)75,45-92-57(84)68-25-37-88-33-21-64-53(80)17-9-5-13-29-96-72-41-49(60)76)46-93-58(85)69-26-38-89-34-22-65-54(81)18-10-6-14-30-97-73-42-50(61)77/h39-42H,3-38,43-46H2,1-2H3,(H12,60,61,62,63,64,65,66,67,68,69,76,77,78,79,80,81,82,83,84,85)/p-2/b70-39-,71-40-,72-41-,73-42-/i/hD2. The highest BCUT2D eigenvalue weighted by Crippen LogP contribution is 2.22. The van der Waals surface area contributed by atoms with Crippen molar-refractivity contribution >= 4 is 96.2 Å². The minimum atomic E-state index is -1.78. The van der Waals surface area contributed by atoms with Gasteiger partial charge in [-0.05, 0) is 77.0 Å². The number of carbonyl (C=O) groups excluding carboxylic acids is 12. The van der Waals surface area contributed by atoms with Crippen LogP contribution in [0.1, 0.15) is 117 Å². The molecular weight excluding hydrogens is 1290 g/mol. The van der Waals surface area contributed by atoms with Gasteiger partial charge in [0, 0.05) is 91.9 Å². The van der Waals surface area contributed by atoms with Gasteiger partial charge < -0.3 is 121 Å². The number of nitrogens with zero attached hydrogens (tertiary/aromatic N) is 4. The maximum atomic E-state index is 13.1. The van der Waals surface area contributed by atoms with Gasteiger partial charge >= 0.3 is 24.4 Å². The Balaban J connectivity index is 5.68. The highest BCUT2D eigenvalue weighted by molar-refractivity contribution is 6.30. The van der Waals surface area contributed by atoms with E-state index < -0.39 is 68.0 Å². The van der Waals surface area contributed by atoms with Crippen molar-refractivity contribution in [1.82, 2.24) is 42.5 Å². The summed E-state index contributed by atoms with van der Waals surface area (Å²) in [4.78, 5) is 165. The fourth-order valence-corrected chi connectivity index (χ4v) is 7.16. The lowest BCUT2D eigenvalue weighted by atomic mass is 9.92. The molecule has 0 rings (SSSR count). The third kappa shape index (κ3) is 64.1. The summed E-state index contributed by atoms with van der Waals surface area (Å²) in [6, 6.07) is 0. The van der Waals surface area contributed by atoms with Crippen LogP contribution in [0, 0.1) is 5.41 Å². The van der Waals surface area contributed by atoms with Gasteiger partial charge in [-0.3, -0.25) is 28.8 Å². The van der Waals surface area contributed by atoms with Crippen LogP contribution in [0.2, 0.25) is 2.82 Å². The summed E-state index contributed by atoms with van der Waals surface area (Å²) in [6.07, 6.45) is 8.14. The molecule has 0 aliphatic carbocycles. The van der Waals surface area contributed by atoms with Crippen LogP contribution in [-0.4, -0.2) is 254 Å². The summed E-state index contributed by atoms with van der Waals surface area (Å²) in [7, 11) is 0. The molecule has 0 fully saturated rings. The van der Waals surface area contributed by atoms with E-state index in [9.17, 15) is 57.5 Å². The number of hydrogen-bond donors (Lipinski definition) is 8. The molecule has 0 aliphatic rings. The van der Waals surface area contributed by atoms with Crippen LogP contribution in [0.5, 0.6) is 0 Å². The molecule has 10 amide bonds. The van der Waals surface area contributed by atoms with Crippen LogP contribution in [-0.2, 0) is 95.6 Å². The van der Waals surface area contributed by atoms with Gasteiger partial charge in [0.05, 0.1) is 77.1 Å². The van der Waals surface area contributed by atoms with Crippen LogP contribution in [0.15, 0.2) is 20.6 Å². The fraction of sp³-hybridized carbons (Fsp3) is 0.729. The largest absolute Gasteiger partial charge is 0.663 e. The zero-order valence-electron chi connectivity index (χ0n) is 57.6. The molecule has 97 heavy (non-hydrogen) atoms. The van der Waals surface area contributed by atoms with E-state index in [4.69, 9.17) is 60.1 Å². The van der Waals surface area contributed by atoms with Crippen LogP contribution in [0.3, 0.4) is 0 Å². The molecule has 38 heteroatoms. The molecule has 0 atom stereocenters. The summed E-state index contributed by atoms with van der Waals surface area (Å²) in [5, 5.41) is 34.7. The summed E-state index contributed by atoms with van der Waals surface area (Å²) in [5.74, 6) is -2.99. The Bertz CT molecular complexity index is 2260. The second-order valence-corrected chi connectivity index (χ2v) is 20.8. The Morgan fingerprint density at radius 3 is 0.773 bits per heavy atom. The average molecular weight is 1390 g/mol. The van der Waals surface area contributed by atoms with Crippen LogP contribution in [0.25, 0.3) is 11.5 Å². The van der Waals surface area contributed by atoms with Gasteiger partial charge in [-0.25, -0.2) is 19.2 Å². The molecule has 0 unspecified atom stereocenters. The van der Waals surface area contributed by atoms with Gasteiger partial charge in [0.15, 0.2) is 11.6 Å². The van der Waals surface area contributed by atoms with E-state index in [1.165, 1.54) is 13.8 Å². The smallest absolute Gasteiger partial charge is 0.407 e. The van der Waals surface area contributed by atoms with Gasteiger partial charge in [-0.15, -0.1) is 2.82 Å². The SMILES string of the molecule is [2H][N-]C(=O)/C=N\OCCCCCC(=O)NCCOCCNC(=O)OCC(COC(=O)NCCOCCNC(=O)CCCCCO/N=C\C(C)=O)(COC(=O)NCCOCCNC(=O)CCCCCO/N=C\C(C)=O)COC(=O)NCCOCCNC(=O)CCCCCO/N=C\C(=O)[N-][2H]. The summed E-state index contributed by atoms with van der Waals surface area (Å²) in [6.45, 7) is 1.81. The number of unbranched alkanes of at least 4 members (excludes halogenated alkanes) is 8. The molecule has 0 aromatic carbocycles. The Labute approximate surface area is 567 Å². The number of hydrogen-bond acceptors (Lipinski definition) is 28. The van der Waals surface area contributed by atoms with Crippen molar-refractivity contribution in [3.8, 4) is 0 Å². The van der Waals surface area contributed by atoms with Gasteiger partial charge in [0.2, 0.25) is 23.6 Å². The highest BCUT2D eigenvalue weighted by atomic mass is 16.6. The average Bonchev–Trinajstić information content (AvgIpc) is 0.865. The highest BCUT2D eigenvalue weighted by Gasteiger charge is 2.38. The predicted octanol–water partition coefficient (Wildman–Crippen LogP) is 2.00. The molecule has 0 aliphatic heterocycles. The Morgan fingerprint density at radius 1 is 0.320 bits per heavy atom. The minimum Gasteiger partial charge on any atom is -0.663 e. The minimum absolute atomic E-state index is 0.00562. The summed E-state index contributed by atoms with van der Waals surface area (Å²) >= 11 is 0. The molecule has 0 bridgehead atoms. The maximum absolute atomic E-state index is 13.1. The number of nitrogens with one attached hydrogen (secondary N) is 10. The monoisotopic (exact) mass is 1390 g/mol. The number of rotatable bonds is 64. The first-order valence-electron chi connectivity index (χ1n) is 32.8. The molecule has 38 nitrogen and oxygen atoms in total. The van der Waals surface area contributed by atoms with Gasteiger partial charge in [0.25, 0.3) is 0 Å². The Hall–Kier alpha value is -9.04. The fourth-order valence-electron chi connectivity index (χ4n) is 7.16. The molecule has 552 valence electrons. The third-order valence-electron chi connectivity index (χ3n) is 12.0. The lowest BCUT2D eigenvalue weighted by Gasteiger charge is -2.31. The number of carbonyl (C=O) groups is 12. The van der Waals surface area contributed by atoms with Crippen LogP contribution >= 0.6 is 0 Å². The molecule has 0 saturated heterocycles. The van der Waals surface area contributed by atoms with Crippen molar-refractivity contribution in [3.63, 3.8) is 0 Å². The quantitative estimate of drug-likeness (QED) is 0.0187. The molecule has 0 heterocycles. The topological polar surface area (TPSA) is 509 Å². The Kier molecular flexibility index (Phi) is 54.6. The van der Waals surface area contributed by atoms with E-state index in [1.807, 2.05) is 0 Å². The first-order valence-corrected chi connectivity index (χ1v) is 31.9. The van der Waals surface area contributed by atoms with Gasteiger partial charge in [-0.1, -0.05) is 20.6 Å². The zero-order valence-corrected chi connectivity index (χ0v) is 55.6. The van der Waals surface area contributed by atoms with E-state index in [-0.39, 0.29) is 179 Å². The third-order valence-corrected chi connectivity index (χ3v) is 12.0. The van der Waals surface area contributed by atoms with Crippen molar-refractivity contribution < 1.29 is 118 Å². The summed E-state index contributed by atoms with van der Waals surface area (Å²) < 4.78 is 57.3. The number of ether oxygens (including phenoxy) is 8. The van der Waals surface area contributed by atoms with Crippen molar-refractivity contribution in [1.29, 1.82) is 0 Å². The zero-order chi connectivity index (χ0) is 72.9. The van der Waals surface area contributed by atoms with E-state index in [0.717, 1.165) is 24.9 Å². The van der Waals surface area contributed by atoms with Crippen molar-refractivity contribution in [2.45, 2.75) is 117 Å². The van der Waals surface area contributed by atoms with E-state index in [2.05, 4.69) is 74.6 Å². The molecular formula is C59H100N14O24-2.